The summed E-state index contributed by atoms with van der Waals surface area (Å²) in [5.41, 5.74) is 8.91. The van der Waals surface area contributed by atoms with Crippen LogP contribution in [0.25, 0.3) is 11.1 Å². The molecule has 2 heteroatoms. The van der Waals surface area contributed by atoms with E-state index in [9.17, 15) is 5.26 Å². The molecule has 18 heavy (non-hydrogen) atoms. The molecular formula is C16H16N2. The Balaban J connectivity index is 2.47. The standard InChI is InChI=1S/C16H16N2/c17-11-10-14(12-18)16-9-5-4-8-15(16)13-6-2-1-3-7-13/h1-9,14H,10-11,17H2. The van der Waals surface area contributed by atoms with E-state index in [1.807, 2.05) is 36.4 Å². The largest absolute Gasteiger partial charge is 0.330 e. The number of nitriles is 1. The molecule has 2 nitrogen and oxygen atoms in total. The molecule has 0 bridgehead atoms. The Hall–Kier alpha value is -2.11. The van der Waals surface area contributed by atoms with Gasteiger partial charge in [-0.15, -0.1) is 0 Å². The van der Waals surface area contributed by atoms with Gasteiger partial charge >= 0.3 is 0 Å². The van der Waals surface area contributed by atoms with E-state index in [0.29, 0.717) is 13.0 Å². The zero-order chi connectivity index (χ0) is 12.8. The second-order valence-corrected chi connectivity index (χ2v) is 4.21. The van der Waals surface area contributed by atoms with E-state index in [4.69, 9.17) is 5.73 Å². The van der Waals surface area contributed by atoms with Crippen molar-refractivity contribution in [3.8, 4) is 17.2 Å². The third kappa shape index (κ3) is 2.58. The van der Waals surface area contributed by atoms with E-state index in [-0.39, 0.29) is 5.92 Å². The van der Waals surface area contributed by atoms with Gasteiger partial charge in [-0.25, -0.2) is 0 Å². The third-order valence-electron chi connectivity index (χ3n) is 3.03. The van der Waals surface area contributed by atoms with Crippen LogP contribution in [0.2, 0.25) is 0 Å². The summed E-state index contributed by atoms with van der Waals surface area (Å²) in [7, 11) is 0. The fourth-order valence-electron chi connectivity index (χ4n) is 2.14. The lowest BCUT2D eigenvalue weighted by Crippen LogP contribution is -2.06. The molecule has 0 aromatic heterocycles. The van der Waals surface area contributed by atoms with Gasteiger partial charge in [0, 0.05) is 0 Å². The summed E-state index contributed by atoms with van der Waals surface area (Å²) in [6.45, 7) is 0.529. The van der Waals surface area contributed by atoms with E-state index >= 15 is 0 Å². The summed E-state index contributed by atoms with van der Waals surface area (Å²) in [6, 6.07) is 20.6. The summed E-state index contributed by atoms with van der Waals surface area (Å²) >= 11 is 0. The van der Waals surface area contributed by atoms with Crippen LogP contribution in [0.1, 0.15) is 17.9 Å². The van der Waals surface area contributed by atoms with E-state index in [1.165, 1.54) is 0 Å². The lowest BCUT2D eigenvalue weighted by molar-refractivity contribution is 0.759. The van der Waals surface area contributed by atoms with Crippen LogP contribution in [0.3, 0.4) is 0 Å². The van der Waals surface area contributed by atoms with E-state index in [0.717, 1.165) is 16.7 Å². The van der Waals surface area contributed by atoms with Crippen LogP contribution in [0.4, 0.5) is 0 Å². The molecule has 0 aliphatic carbocycles. The molecule has 90 valence electrons. The summed E-state index contributed by atoms with van der Waals surface area (Å²) in [5, 5.41) is 9.28. The molecule has 1 unspecified atom stereocenters. The fraction of sp³-hybridized carbons (Fsp3) is 0.188. The lowest BCUT2D eigenvalue weighted by atomic mass is 9.89. The molecule has 0 saturated heterocycles. The first-order chi connectivity index (χ1) is 8.86. The molecule has 2 rings (SSSR count). The van der Waals surface area contributed by atoms with Crippen molar-refractivity contribution in [2.45, 2.75) is 12.3 Å². The van der Waals surface area contributed by atoms with E-state index < -0.39 is 0 Å². The van der Waals surface area contributed by atoms with Gasteiger partial charge in [-0.1, -0.05) is 54.6 Å². The highest BCUT2D eigenvalue weighted by molar-refractivity contribution is 5.68. The smallest absolute Gasteiger partial charge is 0.0730 e. The maximum Gasteiger partial charge on any atom is 0.0730 e. The third-order valence-corrected chi connectivity index (χ3v) is 3.03. The Kier molecular flexibility index (Phi) is 4.11. The van der Waals surface area contributed by atoms with E-state index in [2.05, 4.69) is 24.3 Å². The molecule has 2 N–H and O–H groups in total. The van der Waals surface area contributed by atoms with Gasteiger partial charge in [-0.3, -0.25) is 0 Å². The van der Waals surface area contributed by atoms with Crippen LogP contribution in [-0.2, 0) is 0 Å². The maximum atomic E-state index is 9.28. The molecule has 1 atom stereocenters. The number of benzene rings is 2. The molecule has 0 amide bonds. The molecule has 0 saturated carbocycles. The SMILES string of the molecule is N#CC(CCN)c1ccccc1-c1ccccc1. The molecular weight excluding hydrogens is 220 g/mol. The van der Waals surface area contributed by atoms with Crippen LogP contribution in [0, 0.1) is 11.3 Å². The summed E-state index contributed by atoms with van der Waals surface area (Å²) in [4.78, 5) is 0. The lowest BCUT2D eigenvalue weighted by Gasteiger charge is -2.14. The molecule has 0 heterocycles. The van der Waals surface area contributed by atoms with Crippen molar-refractivity contribution in [2.75, 3.05) is 6.54 Å². The quantitative estimate of drug-likeness (QED) is 0.885. The average Bonchev–Trinajstić information content (AvgIpc) is 2.46. The molecule has 0 aliphatic heterocycles. The molecule has 0 fully saturated rings. The predicted molar refractivity (Wildman–Crippen MR) is 73.9 cm³/mol. The van der Waals surface area contributed by atoms with Gasteiger partial charge in [0.05, 0.1) is 12.0 Å². The Labute approximate surface area is 108 Å². The minimum Gasteiger partial charge on any atom is -0.330 e. The zero-order valence-electron chi connectivity index (χ0n) is 10.2. The van der Waals surface area contributed by atoms with Crippen LogP contribution in [0.5, 0.6) is 0 Å². The highest BCUT2D eigenvalue weighted by atomic mass is 14.5. The van der Waals surface area contributed by atoms with Crippen molar-refractivity contribution in [3.63, 3.8) is 0 Å². The topological polar surface area (TPSA) is 49.8 Å². The van der Waals surface area contributed by atoms with Crippen LogP contribution in [-0.4, -0.2) is 6.54 Å². The predicted octanol–water partition coefficient (Wildman–Crippen LogP) is 3.31. The number of nitrogens with zero attached hydrogens (tertiary/aromatic N) is 1. The minimum atomic E-state index is -0.133. The van der Waals surface area contributed by atoms with Gasteiger partial charge in [-0.2, -0.15) is 5.26 Å². The summed E-state index contributed by atoms with van der Waals surface area (Å²) < 4.78 is 0. The zero-order valence-corrected chi connectivity index (χ0v) is 10.2. The number of rotatable bonds is 4. The first-order valence-corrected chi connectivity index (χ1v) is 6.11. The Morgan fingerprint density at radius 1 is 1.00 bits per heavy atom. The monoisotopic (exact) mass is 236 g/mol. The molecule has 2 aromatic carbocycles. The van der Waals surface area contributed by atoms with Gasteiger partial charge in [0.15, 0.2) is 0 Å². The Morgan fingerprint density at radius 2 is 1.67 bits per heavy atom. The van der Waals surface area contributed by atoms with Gasteiger partial charge in [0.25, 0.3) is 0 Å². The van der Waals surface area contributed by atoms with Crippen LogP contribution < -0.4 is 5.73 Å². The summed E-state index contributed by atoms with van der Waals surface area (Å²) in [5.74, 6) is -0.133. The fourth-order valence-corrected chi connectivity index (χ4v) is 2.14. The Bertz CT molecular complexity index is 541. The second-order valence-electron chi connectivity index (χ2n) is 4.21. The minimum absolute atomic E-state index is 0.133. The van der Waals surface area contributed by atoms with Crippen LogP contribution in [0.15, 0.2) is 54.6 Å². The molecule has 0 spiro atoms. The van der Waals surface area contributed by atoms with Crippen molar-refractivity contribution >= 4 is 0 Å². The highest BCUT2D eigenvalue weighted by Crippen LogP contribution is 2.30. The second kappa shape index (κ2) is 6.00. The van der Waals surface area contributed by atoms with Crippen molar-refractivity contribution in [3.05, 3.63) is 60.2 Å². The van der Waals surface area contributed by atoms with Crippen molar-refractivity contribution in [1.82, 2.24) is 0 Å². The van der Waals surface area contributed by atoms with Crippen LogP contribution >= 0.6 is 0 Å². The maximum absolute atomic E-state index is 9.28. The number of nitrogens with two attached hydrogens (primary N) is 1. The highest BCUT2D eigenvalue weighted by Gasteiger charge is 2.14. The van der Waals surface area contributed by atoms with E-state index in [1.54, 1.807) is 0 Å². The molecule has 0 aliphatic rings. The normalized spacial score (nSPS) is 11.8. The molecule has 2 aromatic rings. The van der Waals surface area contributed by atoms with Gasteiger partial charge in [-0.05, 0) is 29.7 Å². The Morgan fingerprint density at radius 3 is 2.33 bits per heavy atom. The van der Waals surface area contributed by atoms with Gasteiger partial charge in [0.2, 0.25) is 0 Å². The van der Waals surface area contributed by atoms with Crippen molar-refractivity contribution < 1.29 is 0 Å². The van der Waals surface area contributed by atoms with Crippen molar-refractivity contribution in [2.24, 2.45) is 5.73 Å². The number of hydrogen-bond acceptors (Lipinski definition) is 2. The first kappa shape index (κ1) is 12.3. The number of hydrogen-bond donors (Lipinski definition) is 1. The molecule has 0 radical (unpaired) electrons. The summed E-state index contributed by atoms with van der Waals surface area (Å²) in [6.07, 6.45) is 0.695. The average molecular weight is 236 g/mol. The van der Waals surface area contributed by atoms with Crippen molar-refractivity contribution in [1.29, 1.82) is 5.26 Å². The first-order valence-electron chi connectivity index (χ1n) is 6.11. The van der Waals surface area contributed by atoms with Gasteiger partial charge < -0.3 is 5.73 Å². The van der Waals surface area contributed by atoms with Gasteiger partial charge in [0.1, 0.15) is 0 Å².